The lowest BCUT2D eigenvalue weighted by atomic mass is 10.2. The molecule has 0 unspecified atom stereocenters. The molecule has 2 aromatic heterocycles. The van der Waals surface area contributed by atoms with Crippen LogP contribution in [0.25, 0.3) is 10.9 Å². The van der Waals surface area contributed by atoms with E-state index < -0.39 is 0 Å². The number of nitrogens with zero attached hydrogens (tertiary/aromatic N) is 3. The van der Waals surface area contributed by atoms with Gasteiger partial charge in [-0.25, -0.2) is 0 Å². The maximum Gasteiger partial charge on any atom is 0.250 e. The van der Waals surface area contributed by atoms with Crippen LogP contribution in [-0.2, 0) is 13.1 Å². The second-order valence-corrected chi connectivity index (χ2v) is 6.79. The summed E-state index contributed by atoms with van der Waals surface area (Å²) in [6.07, 6.45) is 6.95. The lowest BCUT2D eigenvalue weighted by Crippen LogP contribution is -2.38. The van der Waals surface area contributed by atoms with E-state index >= 15 is 0 Å². The van der Waals surface area contributed by atoms with Gasteiger partial charge in [-0.3, -0.25) is 9.79 Å². The molecule has 2 N–H and O–H groups in total. The van der Waals surface area contributed by atoms with Crippen LogP contribution in [-0.4, -0.2) is 35.2 Å². The lowest BCUT2D eigenvalue weighted by Gasteiger charge is -2.12. The van der Waals surface area contributed by atoms with Crippen molar-refractivity contribution in [2.75, 3.05) is 20.1 Å². The molecule has 0 bridgehead atoms. The highest BCUT2D eigenvalue weighted by Gasteiger charge is 2.01. The Labute approximate surface area is 165 Å². The number of benzene rings is 1. The number of fused-ring (bicyclic) bond motifs is 1. The van der Waals surface area contributed by atoms with E-state index in [0.717, 1.165) is 51.4 Å². The van der Waals surface area contributed by atoms with Crippen molar-refractivity contribution in [3.8, 4) is 0 Å². The van der Waals surface area contributed by atoms with Gasteiger partial charge in [-0.1, -0.05) is 24.3 Å². The molecule has 0 radical (unpaired) electrons. The first kappa shape index (κ1) is 19.7. The number of hydrogen-bond donors (Lipinski definition) is 2. The molecule has 0 saturated heterocycles. The molecule has 6 heteroatoms. The van der Waals surface area contributed by atoms with E-state index in [1.54, 1.807) is 23.7 Å². The third-order valence-electron chi connectivity index (χ3n) is 4.79. The quantitative estimate of drug-likeness (QED) is 0.341. The Morgan fingerprint density at radius 2 is 1.61 bits per heavy atom. The molecule has 28 heavy (non-hydrogen) atoms. The van der Waals surface area contributed by atoms with Gasteiger partial charge in [0.2, 0.25) is 5.56 Å². The molecule has 0 aliphatic rings. The van der Waals surface area contributed by atoms with E-state index in [4.69, 9.17) is 0 Å². The van der Waals surface area contributed by atoms with Gasteiger partial charge in [0.25, 0.3) is 0 Å². The van der Waals surface area contributed by atoms with E-state index in [9.17, 15) is 4.79 Å². The van der Waals surface area contributed by atoms with Gasteiger partial charge in [-0.15, -0.1) is 0 Å². The fraction of sp³-hybridized carbons (Fsp3) is 0.364. The van der Waals surface area contributed by atoms with Crippen molar-refractivity contribution in [1.82, 2.24) is 19.8 Å². The Morgan fingerprint density at radius 1 is 0.857 bits per heavy atom. The molecule has 6 nitrogen and oxygen atoms in total. The van der Waals surface area contributed by atoms with E-state index in [0.29, 0.717) is 0 Å². The number of pyridine rings is 1. The first-order valence-electron chi connectivity index (χ1n) is 9.92. The Morgan fingerprint density at radius 3 is 2.43 bits per heavy atom. The number of unbranched alkanes of at least 4 members (excludes halogenated alkanes) is 1. The van der Waals surface area contributed by atoms with Crippen molar-refractivity contribution < 1.29 is 0 Å². The maximum absolute atomic E-state index is 11.7. The van der Waals surface area contributed by atoms with E-state index in [1.807, 2.05) is 12.3 Å². The summed E-state index contributed by atoms with van der Waals surface area (Å²) in [7, 11) is 1.79. The fourth-order valence-corrected chi connectivity index (χ4v) is 3.27. The molecule has 0 amide bonds. The third-order valence-corrected chi connectivity index (χ3v) is 4.79. The zero-order valence-electron chi connectivity index (χ0n) is 16.5. The highest BCUT2D eigenvalue weighted by Crippen LogP contribution is 2.15. The van der Waals surface area contributed by atoms with E-state index in [1.165, 1.54) is 10.9 Å². The van der Waals surface area contributed by atoms with Crippen LogP contribution in [0.5, 0.6) is 0 Å². The monoisotopic (exact) mass is 379 g/mol. The summed E-state index contributed by atoms with van der Waals surface area (Å²) in [4.78, 5) is 15.9. The highest BCUT2D eigenvalue weighted by atomic mass is 16.1. The minimum atomic E-state index is 0.0587. The number of hydrogen-bond acceptors (Lipinski definition) is 2. The van der Waals surface area contributed by atoms with Crippen molar-refractivity contribution in [1.29, 1.82) is 0 Å². The molecule has 0 aliphatic carbocycles. The summed E-state index contributed by atoms with van der Waals surface area (Å²) >= 11 is 0. The average Bonchev–Trinajstić information content (AvgIpc) is 3.14. The molecule has 0 saturated carbocycles. The number of aliphatic imine (C=N–C) groups is 1. The smallest absolute Gasteiger partial charge is 0.250 e. The molecular weight excluding hydrogens is 350 g/mol. The summed E-state index contributed by atoms with van der Waals surface area (Å²) in [5.74, 6) is 0.828. The second kappa shape index (κ2) is 10.3. The predicted molar refractivity (Wildman–Crippen MR) is 116 cm³/mol. The van der Waals surface area contributed by atoms with Gasteiger partial charge in [-0.2, -0.15) is 0 Å². The Balaban J connectivity index is 1.31. The number of guanidine groups is 1. The van der Waals surface area contributed by atoms with E-state index in [2.05, 4.69) is 56.7 Å². The number of para-hydroxylation sites is 1. The van der Waals surface area contributed by atoms with Crippen LogP contribution in [0.15, 0.2) is 70.7 Å². The minimum Gasteiger partial charge on any atom is -0.356 e. The van der Waals surface area contributed by atoms with Gasteiger partial charge < -0.3 is 19.8 Å². The second-order valence-electron chi connectivity index (χ2n) is 6.79. The zero-order valence-corrected chi connectivity index (χ0v) is 16.5. The van der Waals surface area contributed by atoms with Crippen LogP contribution in [0, 0.1) is 0 Å². The van der Waals surface area contributed by atoms with Crippen LogP contribution in [0.2, 0.25) is 0 Å². The summed E-state index contributed by atoms with van der Waals surface area (Å²) in [5, 5.41) is 7.99. The van der Waals surface area contributed by atoms with E-state index in [-0.39, 0.29) is 5.56 Å². The van der Waals surface area contributed by atoms with Gasteiger partial charge in [0.15, 0.2) is 5.96 Å². The van der Waals surface area contributed by atoms with Crippen LogP contribution in [0.1, 0.15) is 19.3 Å². The molecule has 2 heterocycles. The molecular formula is C22H29N5O. The number of rotatable bonds is 9. The van der Waals surface area contributed by atoms with Gasteiger partial charge in [0.1, 0.15) is 0 Å². The average molecular weight is 380 g/mol. The predicted octanol–water partition coefficient (Wildman–Crippen LogP) is 2.84. The molecule has 3 aromatic rings. The Bertz CT molecular complexity index is 956. The molecule has 1 aromatic carbocycles. The first-order valence-corrected chi connectivity index (χ1v) is 9.92. The standard InChI is InChI=1S/C22H29N5O/c1-23-22(24-13-5-7-16-27-15-6-4-11-21(27)28)25-14-8-17-26-18-12-19-9-2-3-10-20(19)26/h2-4,6,9-12,15,18H,5,7-8,13-14,16-17H2,1H3,(H2,23,24,25). The molecule has 0 fully saturated rings. The summed E-state index contributed by atoms with van der Waals surface area (Å²) in [6.45, 7) is 3.43. The topological polar surface area (TPSA) is 63.4 Å². The van der Waals surface area contributed by atoms with Gasteiger partial charge >= 0.3 is 0 Å². The third kappa shape index (κ3) is 5.49. The summed E-state index contributed by atoms with van der Waals surface area (Å²) in [6, 6.07) is 15.9. The van der Waals surface area contributed by atoms with Crippen LogP contribution in [0.4, 0.5) is 0 Å². The van der Waals surface area contributed by atoms with Crippen LogP contribution in [0.3, 0.4) is 0 Å². The van der Waals surface area contributed by atoms with Crippen LogP contribution < -0.4 is 16.2 Å². The summed E-state index contributed by atoms with van der Waals surface area (Å²) in [5.41, 5.74) is 1.34. The number of aryl methyl sites for hydroxylation is 2. The molecule has 148 valence electrons. The van der Waals surface area contributed by atoms with Crippen molar-refractivity contribution in [2.24, 2.45) is 4.99 Å². The van der Waals surface area contributed by atoms with Crippen molar-refractivity contribution >= 4 is 16.9 Å². The van der Waals surface area contributed by atoms with Crippen LogP contribution >= 0.6 is 0 Å². The van der Waals surface area contributed by atoms with Crippen molar-refractivity contribution in [3.63, 3.8) is 0 Å². The van der Waals surface area contributed by atoms with Gasteiger partial charge in [-0.05, 0) is 42.8 Å². The lowest BCUT2D eigenvalue weighted by molar-refractivity contribution is 0.583. The van der Waals surface area contributed by atoms with Crippen molar-refractivity contribution in [3.05, 3.63) is 71.3 Å². The maximum atomic E-state index is 11.7. The van der Waals surface area contributed by atoms with Gasteiger partial charge in [0, 0.05) is 57.2 Å². The minimum absolute atomic E-state index is 0.0587. The Kier molecular flexibility index (Phi) is 7.29. The molecule has 0 aliphatic heterocycles. The first-order chi connectivity index (χ1) is 13.8. The highest BCUT2D eigenvalue weighted by molar-refractivity contribution is 5.80. The zero-order chi connectivity index (χ0) is 19.6. The van der Waals surface area contributed by atoms with Crippen molar-refractivity contribution in [2.45, 2.75) is 32.4 Å². The molecule has 0 spiro atoms. The normalized spacial score (nSPS) is 11.7. The molecule has 3 rings (SSSR count). The number of nitrogens with one attached hydrogen (secondary N) is 2. The summed E-state index contributed by atoms with van der Waals surface area (Å²) < 4.78 is 4.04. The Hall–Kier alpha value is -3.02. The largest absolute Gasteiger partial charge is 0.356 e. The van der Waals surface area contributed by atoms with Gasteiger partial charge in [0.05, 0.1) is 0 Å². The molecule has 0 atom stereocenters. The number of aromatic nitrogens is 2. The fourth-order valence-electron chi connectivity index (χ4n) is 3.27. The SMILES string of the molecule is CN=C(NCCCCn1ccccc1=O)NCCCn1ccc2ccccc21.